The lowest BCUT2D eigenvalue weighted by Crippen LogP contribution is -2.41. The van der Waals surface area contributed by atoms with E-state index >= 15 is 0 Å². The molecule has 0 radical (unpaired) electrons. The normalized spacial score (nSPS) is 10.6. The number of ketones is 1. The van der Waals surface area contributed by atoms with Gasteiger partial charge in [-0.3, -0.25) is 10.5 Å². The van der Waals surface area contributed by atoms with Gasteiger partial charge in [-0.15, -0.1) is 4.68 Å². The minimum Gasteiger partial charge on any atom is -0.290 e. The molecule has 0 aliphatic heterocycles. The summed E-state index contributed by atoms with van der Waals surface area (Å²) in [5, 5.41) is 4.99. The van der Waals surface area contributed by atoms with E-state index in [1.54, 1.807) is 28.6 Å². The maximum Gasteiger partial charge on any atom is 0.355 e. The van der Waals surface area contributed by atoms with Crippen molar-refractivity contribution in [3.8, 4) is 0 Å². The van der Waals surface area contributed by atoms with Crippen LogP contribution in [0.4, 0.5) is 5.13 Å². The predicted octanol–water partition coefficient (Wildman–Crippen LogP) is 3.19. The third kappa shape index (κ3) is 4.18. The number of Topliss-reactive ketones (excluding diaryl/α,β-unsaturated/α-hetero) is 1. The van der Waals surface area contributed by atoms with E-state index in [0.29, 0.717) is 10.7 Å². The fourth-order valence-corrected chi connectivity index (χ4v) is 3.89. The highest BCUT2D eigenvalue weighted by Gasteiger charge is 2.18. The van der Waals surface area contributed by atoms with E-state index < -0.39 is 0 Å². The molecule has 0 saturated heterocycles. The summed E-state index contributed by atoms with van der Waals surface area (Å²) in [4.78, 5) is 12.2. The number of carbonyl (C=O) groups excluding carboxylic acids is 1. The molecule has 0 amide bonds. The molecule has 0 fully saturated rings. The highest BCUT2D eigenvalue weighted by atomic mass is 32.2. The monoisotopic (exact) mass is 342 g/mol. The largest absolute Gasteiger partial charge is 0.355 e. The number of hydrogen-bond donors (Lipinski definition) is 1. The lowest BCUT2D eigenvalue weighted by atomic mass is 10.1. The standard InChI is InChI=1S/C17H15N3OS2/c18-16-20(11-15(21)14-9-5-2-6-10-14)19-17(23-16)22-12-13-7-3-1-4-8-13/h1-10,18H,11-12H2/p+1. The summed E-state index contributed by atoms with van der Waals surface area (Å²) < 4.78 is 2.44. The van der Waals surface area contributed by atoms with Gasteiger partial charge in [0, 0.05) is 11.3 Å². The molecule has 2 N–H and O–H groups in total. The minimum absolute atomic E-state index is 0.00668. The zero-order chi connectivity index (χ0) is 16.1. The number of rotatable bonds is 6. The number of anilines is 1. The summed E-state index contributed by atoms with van der Waals surface area (Å²) in [5.74, 6) is 0.840. The molecule has 3 aromatic rings. The number of thioether (sulfide) groups is 1. The van der Waals surface area contributed by atoms with Crippen molar-refractivity contribution in [1.82, 2.24) is 5.10 Å². The number of aromatic nitrogens is 2. The van der Waals surface area contributed by atoms with E-state index in [1.165, 1.54) is 16.9 Å². The molecule has 4 nitrogen and oxygen atoms in total. The molecular formula is C17H16N3OS2+. The summed E-state index contributed by atoms with van der Waals surface area (Å²) in [7, 11) is 0. The number of carbonyl (C=O) groups is 1. The summed E-state index contributed by atoms with van der Waals surface area (Å²) in [6.07, 6.45) is 0. The van der Waals surface area contributed by atoms with Gasteiger partial charge in [-0.25, -0.2) is 0 Å². The molecule has 116 valence electrons. The summed E-state index contributed by atoms with van der Waals surface area (Å²) in [5.41, 5.74) is 7.90. The van der Waals surface area contributed by atoms with E-state index in [4.69, 9.17) is 5.73 Å². The third-order valence-electron chi connectivity index (χ3n) is 3.24. The Hall–Kier alpha value is -2.18. The first-order chi connectivity index (χ1) is 11.2. The Bertz CT molecular complexity index is 788. The topological polar surface area (TPSA) is 59.9 Å². The Morgan fingerprint density at radius 2 is 1.74 bits per heavy atom. The summed E-state index contributed by atoms with van der Waals surface area (Å²) >= 11 is 3.04. The lowest BCUT2D eigenvalue weighted by molar-refractivity contribution is -0.725. The number of hydrogen-bond acceptors (Lipinski definition) is 5. The second-order valence-electron chi connectivity index (χ2n) is 4.93. The van der Waals surface area contributed by atoms with E-state index in [1.807, 2.05) is 36.4 Å². The molecule has 23 heavy (non-hydrogen) atoms. The maximum atomic E-state index is 12.2. The van der Waals surface area contributed by atoms with Gasteiger partial charge in [0.15, 0.2) is 6.54 Å². The summed E-state index contributed by atoms with van der Waals surface area (Å²) in [6, 6.07) is 19.4. The van der Waals surface area contributed by atoms with Crippen molar-refractivity contribution in [3.63, 3.8) is 0 Å². The van der Waals surface area contributed by atoms with Crippen LogP contribution >= 0.6 is 23.1 Å². The fourth-order valence-electron chi connectivity index (χ4n) is 2.05. The highest BCUT2D eigenvalue weighted by molar-refractivity contribution is 8.00. The van der Waals surface area contributed by atoms with Crippen molar-refractivity contribution in [2.45, 2.75) is 16.6 Å². The van der Waals surface area contributed by atoms with Crippen LogP contribution in [0.3, 0.4) is 0 Å². The van der Waals surface area contributed by atoms with E-state index in [2.05, 4.69) is 17.2 Å². The van der Waals surface area contributed by atoms with Crippen molar-refractivity contribution < 1.29 is 9.48 Å². The van der Waals surface area contributed by atoms with Crippen molar-refractivity contribution in [1.29, 1.82) is 0 Å². The van der Waals surface area contributed by atoms with Crippen molar-refractivity contribution in [2.24, 2.45) is 0 Å². The molecule has 0 aliphatic rings. The molecule has 0 spiro atoms. The lowest BCUT2D eigenvalue weighted by Gasteiger charge is -1.98. The van der Waals surface area contributed by atoms with Crippen LogP contribution in [-0.2, 0) is 12.3 Å². The van der Waals surface area contributed by atoms with Gasteiger partial charge >= 0.3 is 5.13 Å². The minimum atomic E-state index is 0.00668. The van der Waals surface area contributed by atoms with Crippen LogP contribution in [0.2, 0.25) is 0 Å². The molecule has 0 bridgehead atoms. The van der Waals surface area contributed by atoms with Crippen LogP contribution in [-0.4, -0.2) is 10.9 Å². The number of nitrogens with zero attached hydrogens (tertiary/aromatic N) is 2. The molecule has 0 aliphatic carbocycles. The Morgan fingerprint density at radius 1 is 1.09 bits per heavy atom. The molecule has 1 heterocycles. The van der Waals surface area contributed by atoms with Crippen molar-refractivity contribution >= 4 is 34.0 Å². The average Bonchev–Trinajstić information content (AvgIpc) is 2.94. The number of nitrogens with two attached hydrogens (primary N) is 1. The molecule has 0 saturated carbocycles. The predicted molar refractivity (Wildman–Crippen MR) is 93.5 cm³/mol. The van der Waals surface area contributed by atoms with Gasteiger partial charge in [0.05, 0.1) is 0 Å². The molecule has 1 aromatic heterocycles. The van der Waals surface area contributed by atoms with E-state index in [0.717, 1.165) is 10.1 Å². The van der Waals surface area contributed by atoms with Gasteiger partial charge < -0.3 is 0 Å². The molecule has 0 unspecified atom stereocenters. The first kappa shape index (κ1) is 15.7. The van der Waals surface area contributed by atoms with Crippen LogP contribution in [0, 0.1) is 0 Å². The SMILES string of the molecule is Nc1sc(SCc2ccccc2)n[n+]1CC(=O)c1ccccc1. The van der Waals surface area contributed by atoms with E-state index in [9.17, 15) is 4.79 Å². The Morgan fingerprint density at radius 3 is 2.43 bits per heavy atom. The molecular weight excluding hydrogens is 326 g/mol. The van der Waals surface area contributed by atoms with Gasteiger partial charge in [0.25, 0.3) is 0 Å². The van der Waals surface area contributed by atoms with Gasteiger partial charge in [0.1, 0.15) is 0 Å². The smallest absolute Gasteiger partial charge is 0.290 e. The zero-order valence-electron chi connectivity index (χ0n) is 12.4. The maximum absolute atomic E-state index is 12.2. The third-order valence-corrected chi connectivity index (χ3v) is 5.33. The van der Waals surface area contributed by atoms with Crippen LogP contribution in [0.1, 0.15) is 15.9 Å². The van der Waals surface area contributed by atoms with E-state index in [-0.39, 0.29) is 12.3 Å². The van der Waals surface area contributed by atoms with Crippen molar-refractivity contribution in [3.05, 3.63) is 71.8 Å². The average molecular weight is 342 g/mol. The highest BCUT2D eigenvalue weighted by Crippen LogP contribution is 2.26. The summed E-state index contributed by atoms with van der Waals surface area (Å²) in [6.45, 7) is 0.165. The van der Waals surface area contributed by atoms with Crippen LogP contribution in [0.15, 0.2) is 65.0 Å². The van der Waals surface area contributed by atoms with Crippen LogP contribution < -0.4 is 10.4 Å². The molecule has 2 aromatic carbocycles. The second kappa shape index (κ2) is 7.39. The van der Waals surface area contributed by atoms with Gasteiger partial charge in [-0.05, 0) is 16.9 Å². The number of nitrogen functional groups attached to an aromatic ring is 1. The van der Waals surface area contributed by atoms with Gasteiger partial charge in [0.2, 0.25) is 10.1 Å². The van der Waals surface area contributed by atoms with Crippen LogP contribution in [0.25, 0.3) is 0 Å². The van der Waals surface area contributed by atoms with Gasteiger partial charge in [-0.1, -0.05) is 77.5 Å². The molecule has 6 heteroatoms. The second-order valence-corrected chi connectivity index (χ2v) is 7.16. The van der Waals surface area contributed by atoms with Crippen LogP contribution in [0.5, 0.6) is 0 Å². The Balaban J connectivity index is 1.65. The Labute approximate surface area is 143 Å². The first-order valence-corrected chi connectivity index (χ1v) is 8.94. The van der Waals surface area contributed by atoms with Gasteiger partial charge in [-0.2, -0.15) is 0 Å². The Kier molecular flexibility index (Phi) is 5.05. The zero-order valence-corrected chi connectivity index (χ0v) is 14.0. The first-order valence-electron chi connectivity index (χ1n) is 7.14. The molecule has 3 rings (SSSR count). The quantitative estimate of drug-likeness (QED) is 0.425. The molecule has 0 atom stereocenters. The fraction of sp³-hybridized carbons (Fsp3) is 0.118. The van der Waals surface area contributed by atoms with Crippen molar-refractivity contribution in [2.75, 3.05) is 5.73 Å². The number of benzene rings is 2.